The summed E-state index contributed by atoms with van der Waals surface area (Å²) in [7, 11) is 4.07. The molecule has 122 valence electrons. The molecule has 0 saturated heterocycles. The summed E-state index contributed by atoms with van der Waals surface area (Å²) in [5, 5.41) is 6.36. The summed E-state index contributed by atoms with van der Waals surface area (Å²) in [5.74, 6) is 0.308. The van der Waals surface area contributed by atoms with E-state index in [1.54, 1.807) is 30.5 Å². The van der Waals surface area contributed by atoms with Crippen molar-refractivity contribution in [2.75, 3.05) is 37.8 Å². The Kier molecular flexibility index (Phi) is 6.31. The second-order valence-electron chi connectivity index (χ2n) is 5.30. The van der Waals surface area contributed by atoms with E-state index in [2.05, 4.69) is 25.5 Å². The molecule has 0 bridgehead atoms. The summed E-state index contributed by atoms with van der Waals surface area (Å²) in [5.41, 5.74) is 0.788. The fourth-order valence-corrected chi connectivity index (χ4v) is 2.08. The van der Waals surface area contributed by atoms with Crippen molar-refractivity contribution >= 4 is 29.0 Å². The van der Waals surface area contributed by atoms with Crippen LogP contribution in [0.5, 0.6) is 0 Å². The van der Waals surface area contributed by atoms with Crippen LogP contribution in [0.4, 0.5) is 11.5 Å². The predicted octanol–water partition coefficient (Wildman–Crippen LogP) is 2.75. The number of carbonyl (C=O) groups is 1. The molecule has 0 fully saturated rings. The van der Waals surface area contributed by atoms with Crippen molar-refractivity contribution in [2.24, 2.45) is 0 Å². The topological polar surface area (TPSA) is 70.2 Å². The molecular weight excluding hydrogens is 314 g/mol. The molecule has 1 aromatic heterocycles. The van der Waals surface area contributed by atoms with Gasteiger partial charge in [-0.15, -0.1) is 0 Å². The standard InChI is InChI=1S/C16H20ClN5O/c1-22(2)9-5-8-18-15-11-19-14(10-20-15)16(23)21-13-7-4-3-6-12(13)17/h3-4,6-7,10-11H,5,8-9H2,1-2H3,(H,18,20)(H,21,23). The number of hydrogen-bond donors (Lipinski definition) is 2. The van der Waals surface area contributed by atoms with Gasteiger partial charge in [0.25, 0.3) is 5.91 Å². The molecule has 0 aliphatic heterocycles. The smallest absolute Gasteiger partial charge is 0.275 e. The van der Waals surface area contributed by atoms with Crippen LogP contribution < -0.4 is 10.6 Å². The molecule has 0 saturated carbocycles. The first-order chi connectivity index (χ1) is 11.1. The number of benzene rings is 1. The molecule has 0 radical (unpaired) electrons. The van der Waals surface area contributed by atoms with Gasteiger partial charge in [-0.05, 0) is 39.2 Å². The third-order valence-electron chi connectivity index (χ3n) is 3.09. The Labute approximate surface area is 140 Å². The lowest BCUT2D eigenvalue weighted by Gasteiger charge is -2.10. The van der Waals surface area contributed by atoms with E-state index < -0.39 is 0 Å². The number of carbonyl (C=O) groups excluding carboxylic acids is 1. The molecule has 1 heterocycles. The molecule has 23 heavy (non-hydrogen) atoms. The first-order valence-corrected chi connectivity index (χ1v) is 7.70. The van der Waals surface area contributed by atoms with Crippen molar-refractivity contribution in [3.8, 4) is 0 Å². The SMILES string of the molecule is CN(C)CCCNc1cnc(C(=O)Nc2ccccc2Cl)cn1. The van der Waals surface area contributed by atoms with E-state index in [9.17, 15) is 4.79 Å². The van der Waals surface area contributed by atoms with Crippen LogP contribution >= 0.6 is 11.6 Å². The summed E-state index contributed by atoms with van der Waals surface area (Å²) in [4.78, 5) is 22.6. The monoisotopic (exact) mass is 333 g/mol. The molecule has 0 atom stereocenters. The first kappa shape index (κ1) is 17.2. The van der Waals surface area contributed by atoms with Gasteiger partial charge in [0.1, 0.15) is 11.5 Å². The minimum Gasteiger partial charge on any atom is -0.369 e. The first-order valence-electron chi connectivity index (χ1n) is 7.33. The Hall–Kier alpha value is -2.18. The van der Waals surface area contributed by atoms with Gasteiger partial charge in [-0.2, -0.15) is 0 Å². The Morgan fingerprint density at radius 3 is 2.65 bits per heavy atom. The molecule has 2 rings (SSSR count). The largest absolute Gasteiger partial charge is 0.369 e. The van der Waals surface area contributed by atoms with Crippen LogP contribution in [0, 0.1) is 0 Å². The Bertz CT molecular complexity index is 645. The number of nitrogens with one attached hydrogen (secondary N) is 2. The van der Waals surface area contributed by atoms with Gasteiger partial charge in [0.2, 0.25) is 0 Å². The molecule has 0 spiro atoms. The van der Waals surface area contributed by atoms with E-state index in [0.29, 0.717) is 16.5 Å². The lowest BCUT2D eigenvalue weighted by Crippen LogP contribution is -2.17. The highest BCUT2D eigenvalue weighted by atomic mass is 35.5. The molecule has 2 N–H and O–H groups in total. The molecule has 6 nitrogen and oxygen atoms in total. The van der Waals surface area contributed by atoms with Gasteiger partial charge in [-0.25, -0.2) is 9.97 Å². The molecule has 1 amide bonds. The molecule has 2 aromatic rings. The summed E-state index contributed by atoms with van der Waals surface area (Å²) < 4.78 is 0. The van der Waals surface area contributed by atoms with E-state index in [0.717, 1.165) is 19.5 Å². The second-order valence-corrected chi connectivity index (χ2v) is 5.71. The number of halogens is 1. The van der Waals surface area contributed by atoms with E-state index >= 15 is 0 Å². The van der Waals surface area contributed by atoms with Crippen LogP contribution in [-0.2, 0) is 0 Å². The number of amides is 1. The van der Waals surface area contributed by atoms with Gasteiger partial charge in [0.05, 0.1) is 23.1 Å². The Morgan fingerprint density at radius 1 is 1.22 bits per heavy atom. The van der Waals surface area contributed by atoms with Crippen LogP contribution in [0.3, 0.4) is 0 Å². The summed E-state index contributed by atoms with van der Waals surface area (Å²) in [6.07, 6.45) is 4.00. The van der Waals surface area contributed by atoms with Crippen molar-refractivity contribution < 1.29 is 4.79 Å². The zero-order valence-corrected chi connectivity index (χ0v) is 14.0. The van der Waals surface area contributed by atoms with Gasteiger partial charge in [-0.3, -0.25) is 4.79 Å². The van der Waals surface area contributed by atoms with Crippen LogP contribution in [0.25, 0.3) is 0 Å². The number of aromatic nitrogens is 2. The average Bonchev–Trinajstić information content (AvgIpc) is 2.54. The molecule has 0 aliphatic rings. The fraction of sp³-hybridized carbons (Fsp3) is 0.312. The molecule has 0 aliphatic carbocycles. The minimum atomic E-state index is -0.343. The highest BCUT2D eigenvalue weighted by molar-refractivity contribution is 6.33. The van der Waals surface area contributed by atoms with Crippen LogP contribution in [0.1, 0.15) is 16.9 Å². The Morgan fingerprint density at radius 2 is 2.00 bits per heavy atom. The highest BCUT2D eigenvalue weighted by Crippen LogP contribution is 2.20. The van der Waals surface area contributed by atoms with Gasteiger partial charge in [0.15, 0.2) is 0 Å². The van der Waals surface area contributed by atoms with Gasteiger partial charge in [0, 0.05) is 6.54 Å². The summed E-state index contributed by atoms with van der Waals surface area (Å²) >= 11 is 6.01. The van der Waals surface area contributed by atoms with Crippen molar-refractivity contribution in [2.45, 2.75) is 6.42 Å². The second kappa shape index (κ2) is 8.45. The lowest BCUT2D eigenvalue weighted by atomic mass is 10.3. The number of anilines is 2. The van der Waals surface area contributed by atoms with Crippen LogP contribution in [-0.4, -0.2) is 48.0 Å². The maximum absolute atomic E-state index is 12.1. The fourth-order valence-electron chi connectivity index (χ4n) is 1.90. The predicted molar refractivity (Wildman–Crippen MR) is 93.1 cm³/mol. The third kappa shape index (κ3) is 5.50. The van der Waals surface area contributed by atoms with Gasteiger partial charge in [-0.1, -0.05) is 23.7 Å². The molecule has 7 heteroatoms. The average molecular weight is 334 g/mol. The highest BCUT2D eigenvalue weighted by Gasteiger charge is 2.10. The summed E-state index contributed by atoms with van der Waals surface area (Å²) in [6.45, 7) is 1.80. The number of rotatable bonds is 7. The van der Waals surface area contributed by atoms with Crippen molar-refractivity contribution in [3.63, 3.8) is 0 Å². The Balaban J connectivity index is 1.89. The van der Waals surface area contributed by atoms with Crippen LogP contribution in [0.15, 0.2) is 36.7 Å². The lowest BCUT2D eigenvalue weighted by molar-refractivity contribution is 0.102. The normalized spacial score (nSPS) is 10.6. The molecule has 0 unspecified atom stereocenters. The number of nitrogens with zero attached hydrogens (tertiary/aromatic N) is 3. The number of hydrogen-bond acceptors (Lipinski definition) is 5. The quantitative estimate of drug-likeness (QED) is 0.762. The van der Waals surface area contributed by atoms with Gasteiger partial charge < -0.3 is 15.5 Å². The maximum Gasteiger partial charge on any atom is 0.275 e. The van der Waals surface area contributed by atoms with Crippen LogP contribution in [0.2, 0.25) is 5.02 Å². The minimum absolute atomic E-state index is 0.240. The molecule has 1 aromatic carbocycles. The van der Waals surface area contributed by atoms with E-state index in [1.165, 1.54) is 6.20 Å². The maximum atomic E-state index is 12.1. The van der Waals surface area contributed by atoms with E-state index in [4.69, 9.17) is 11.6 Å². The van der Waals surface area contributed by atoms with Crippen molar-refractivity contribution in [1.82, 2.24) is 14.9 Å². The van der Waals surface area contributed by atoms with E-state index in [-0.39, 0.29) is 11.6 Å². The molecular formula is C16H20ClN5O. The third-order valence-corrected chi connectivity index (χ3v) is 3.42. The number of para-hydroxylation sites is 1. The van der Waals surface area contributed by atoms with Crippen molar-refractivity contribution in [1.29, 1.82) is 0 Å². The van der Waals surface area contributed by atoms with Gasteiger partial charge >= 0.3 is 0 Å². The zero-order chi connectivity index (χ0) is 16.7. The zero-order valence-electron chi connectivity index (χ0n) is 13.2. The van der Waals surface area contributed by atoms with E-state index in [1.807, 2.05) is 14.1 Å². The van der Waals surface area contributed by atoms with Crippen molar-refractivity contribution in [3.05, 3.63) is 47.4 Å². The summed E-state index contributed by atoms with van der Waals surface area (Å²) in [6, 6.07) is 7.04.